The molecule has 1 heterocycles. The van der Waals surface area contributed by atoms with Crippen molar-refractivity contribution < 1.29 is 18.7 Å². The van der Waals surface area contributed by atoms with Crippen LogP contribution in [0.1, 0.15) is 28.8 Å². The molecule has 0 bridgehead atoms. The molecule has 0 saturated carbocycles. The maximum Gasteiger partial charge on any atom is 0.253 e. The van der Waals surface area contributed by atoms with Gasteiger partial charge in [-0.3, -0.25) is 4.79 Å². The van der Waals surface area contributed by atoms with Crippen molar-refractivity contribution in [3.05, 3.63) is 35.1 Å². The molecule has 2 rings (SSSR count). The first-order valence-electron chi connectivity index (χ1n) is 8.44. The van der Waals surface area contributed by atoms with Crippen LogP contribution in [0.5, 0.6) is 0 Å². The van der Waals surface area contributed by atoms with E-state index in [-0.39, 0.29) is 30.7 Å². The number of methoxy groups -OCH3 is 1. The van der Waals surface area contributed by atoms with Gasteiger partial charge in [0, 0.05) is 31.3 Å². The monoisotopic (exact) mass is 374 g/mol. The summed E-state index contributed by atoms with van der Waals surface area (Å²) in [6, 6.07) is 4.50. The summed E-state index contributed by atoms with van der Waals surface area (Å²) in [7, 11) is 3.54. The lowest BCUT2D eigenvalue weighted by Crippen LogP contribution is -2.40. The number of benzene rings is 1. The van der Waals surface area contributed by atoms with Gasteiger partial charge in [-0.15, -0.1) is 12.4 Å². The van der Waals surface area contributed by atoms with Crippen LogP contribution >= 0.6 is 12.4 Å². The van der Waals surface area contributed by atoms with E-state index in [0.29, 0.717) is 30.3 Å². The third-order valence-electron chi connectivity index (χ3n) is 4.38. The molecule has 0 spiro atoms. The highest BCUT2D eigenvalue weighted by atomic mass is 35.5. The zero-order chi connectivity index (χ0) is 17.4. The Morgan fingerprint density at radius 1 is 1.32 bits per heavy atom. The molecule has 7 heteroatoms. The number of hydrogen-bond donors (Lipinski definition) is 1. The standard InChI is InChI=1S/C18H27FN2O3.ClH/c1-20-12-14-5-7-21(8-6-14)18(22)15-3-4-17(19)16(11-15)13-24-10-9-23-2;/h3-4,11,14,20H,5-10,12-13H2,1-2H3;1H. The topological polar surface area (TPSA) is 50.8 Å². The molecule has 1 aliphatic rings. The molecule has 1 N–H and O–H groups in total. The molecule has 1 aromatic carbocycles. The van der Waals surface area contributed by atoms with Crippen molar-refractivity contribution in [2.45, 2.75) is 19.4 Å². The van der Waals surface area contributed by atoms with Gasteiger partial charge in [0.1, 0.15) is 5.82 Å². The highest BCUT2D eigenvalue weighted by Crippen LogP contribution is 2.20. The van der Waals surface area contributed by atoms with Gasteiger partial charge in [0.05, 0.1) is 19.8 Å². The zero-order valence-corrected chi connectivity index (χ0v) is 15.7. The fourth-order valence-corrected chi connectivity index (χ4v) is 2.95. The minimum atomic E-state index is -0.350. The molecule has 1 aliphatic heterocycles. The van der Waals surface area contributed by atoms with Crippen LogP contribution in [0.2, 0.25) is 0 Å². The van der Waals surface area contributed by atoms with E-state index in [4.69, 9.17) is 9.47 Å². The van der Waals surface area contributed by atoms with E-state index in [2.05, 4.69) is 5.32 Å². The van der Waals surface area contributed by atoms with E-state index in [0.717, 1.165) is 32.5 Å². The van der Waals surface area contributed by atoms with Crippen LogP contribution in [0.25, 0.3) is 0 Å². The van der Waals surface area contributed by atoms with Crippen molar-refractivity contribution >= 4 is 18.3 Å². The molecule has 1 amide bonds. The summed E-state index contributed by atoms with van der Waals surface area (Å²) in [5.74, 6) is 0.241. The van der Waals surface area contributed by atoms with Gasteiger partial charge < -0.3 is 19.7 Å². The van der Waals surface area contributed by atoms with Crippen molar-refractivity contribution in [3.63, 3.8) is 0 Å². The quantitative estimate of drug-likeness (QED) is 0.710. The number of halogens is 2. The number of carbonyl (C=O) groups is 1. The summed E-state index contributed by atoms with van der Waals surface area (Å²) in [5.41, 5.74) is 0.927. The van der Waals surface area contributed by atoms with E-state index in [1.54, 1.807) is 19.2 Å². The van der Waals surface area contributed by atoms with E-state index in [1.807, 2.05) is 11.9 Å². The van der Waals surface area contributed by atoms with Crippen molar-refractivity contribution in [2.24, 2.45) is 5.92 Å². The maximum absolute atomic E-state index is 13.9. The van der Waals surface area contributed by atoms with E-state index in [1.165, 1.54) is 6.07 Å². The smallest absolute Gasteiger partial charge is 0.253 e. The molecule has 0 aliphatic carbocycles. The molecule has 142 valence electrons. The molecular weight excluding hydrogens is 347 g/mol. The largest absolute Gasteiger partial charge is 0.382 e. The van der Waals surface area contributed by atoms with Crippen molar-refractivity contribution in [1.29, 1.82) is 0 Å². The first kappa shape index (κ1) is 21.8. The molecule has 5 nitrogen and oxygen atoms in total. The number of piperidine rings is 1. The highest BCUT2D eigenvalue weighted by Gasteiger charge is 2.23. The van der Waals surface area contributed by atoms with Crippen LogP contribution < -0.4 is 5.32 Å². The molecule has 0 unspecified atom stereocenters. The van der Waals surface area contributed by atoms with Crippen LogP contribution in [0.15, 0.2) is 18.2 Å². The Kier molecular flexibility index (Phi) is 9.97. The Labute approximate surface area is 155 Å². The molecule has 0 aromatic heterocycles. The molecule has 25 heavy (non-hydrogen) atoms. The second kappa shape index (κ2) is 11.4. The molecule has 1 aromatic rings. The minimum absolute atomic E-state index is 0. The molecule has 0 atom stereocenters. The third-order valence-corrected chi connectivity index (χ3v) is 4.38. The van der Waals surface area contributed by atoms with Crippen LogP contribution in [-0.4, -0.2) is 57.8 Å². The number of amides is 1. The van der Waals surface area contributed by atoms with Crippen LogP contribution in [0.3, 0.4) is 0 Å². The summed E-state index contributed by atoms with van der Waals surface area (Å²) >= 11 is 0. The van der Waals surface area contributed by atoms with Gasteiger partial charge in [-0.05, 0) is 50.6 Å². The van der Waals surface area contributed by atoms with Crippen LogP contribution in [-0.2, 0) is 16.1 Å². The summed E-state index contributed by atoms with van der Waals surface area (Å²) in [4.78, 5) is 14.5. The average Bonchev–Trinajstić information content (AvgIpc) is 2.60. The first-order valence-corrected chi connectivity index (χ1v) is 8.44. The highest BCUT2D eigenvalue weighted by molar-refractivity contribution is 5.94. The zero-order valence-electron chi connectivity index (χ0n) is 14.9. The van der Waals surface area contributed by atoms with Gasteiger partial charge in [0.2, 0.25) is 0 Å². The third kappa shape index (κ3) is 6.55. The molecular formula is C18H28ClFN2O3. The van der Waals surface area contributed by atoms with Crippen molar-refractivity contribution in [3.8, 4) is 0 Å². The van der Waals surface area contributed by atoms with Gasteiger partial charge in [-0.1, -0.05) is 0 Å². The SMILES string of the molecule is CNCC1CCN(C(=O)c2ccc(F)c(COCCOC)c2)CC1.Cl. The summed E-state index contributed by atoms with van der Waals surface area (Å²) in [5, 5.41) is 3.19. The normalized spacial score (nSPS) is 15.1. The fourth-order valence-electron chi connectivity index (χ4n) is 2.95. The fraction of sp³-hybridized carbons (Fsp3) is 0.611. The molecule has 1 fully saturated rings. The van der Waals surface area contributed by atoms with Gasteiger partial charge in [0.25, 0.3) is 5.91 Å². The lowest BCUT2D eigenvalue weighted by atomic mass is 9.96. The van der Waals surface area contributed by atoms with Crippen LogP contribution in [0.4, 0.5) is 4.39 Å². The Morgan fingerprint density at radius 2 is 2.04 bits per heavy atom. The summed E-state index contributed by atoms with van der Waals surface area (Å²) in [6.07, 6.45) is 2.00. The minimum Gasteiger partial charge on any atom is -0.382 e. The van der Waals surface area contributed by atoms with Gasteiger partial charge >= 0.3 is 0 Å². The van der Waals surface area contributed by atoms with E-state index < -0.39 is 0 Å². The summed E-state index contributed by atoms with van der Waals surface area (Å²) < 4.78 is 24.1. The lowest BCUT2D eigenvalue weighted by molar-refractivity contribution is 0.0602. The average molecular weight is 375 g/mol. The number of rotatable bonds is 8. The maximum atomic E-state index is 13.9. The van der Waals surface area contributed by atoms with Gasteiger partial charge in [-0.25, -0.2) is 4.39 Å². The van der Waals surface area contributed by atoms with Crippen LogP contribution in [0, 0.1) is 11.7 Å². The summed E-state index contributed by atoms with van der Waals surface area (Å²) in [6.45, 7) is 3.49. The number of nitrogens with zero attached hydrogens (tertiary/aromatic N) is 1. The molecule has 1 saturated heterocycles. The second-order valence-electron chi connectivity index (χ2n) is 6.14. The second-order valence-corrected chi connectivity index (χ2v) is 6.14. The Bertz CT molecular complexity index is 537. The van der Waals surface area contributed by atoms with Crippen molar-refractivity contribution in [2.75, 3.05) is 47.0 Å². The molecule has 0 radical (unpaired) electrons. The number of hydrogen-bond acceptors (Lipinski definition) is 4. The van der Waals surface area contributed by atoms with E-state index in [9.17, 15) is 9.18 Å². The Hall–Kier alpha value is -1.21. The number of nitrogens with one attached hydrogen (secondary N) is 1. The Balaban J connectivity index is 0.00000312. The predicted molar refractivity (Wildman–Crippen MR) is 97.7 cm³/mol. The van der Waals surface area contributed by atoms with Gasteiger partial charge in [0.15, 0.2) is 0 Å². The first-order chi connectivity index (χ1) is 11.7. The number of ether oxygens (including phenoxy) is 2. The van der Waals surface area contributed by atoms with E-state index >= 15 is 0 Å². The van der Waals surface area contributed by atoms with Crippen molar-refractivity contribution in [1.82, 2.24) is 10.2 Å². The van der Waals surface area contributed by atoms with Gasteiger partial charge in [-0.2, -0.15) is 0 Å². The number of likely N-dealkylation sites (tertiary alicyclic amines) is 1. The Morgan fingerprint density at radius 3 is 2.68 bits per heavy atom. The predicted octanol–water partition coefficient (Wildman–Crippen LogP) is 2.48. The lowest BCUT2D eigenvalue weighted by Gasteiger charge is -2.32. The number of carbonyl (C=O) groups excluding carboxylic acids is 1.